The van der Waals surface area contributed by atoms with Gasteiger partial charge >= 0.3 is 11.9 Å². The van der Waals surface area contributed by atoms with Crippen molar-refractivity contribution in [3.05, 3.63) is 80.7 Å². The van der Waals surface area contributed by atoms with Crippen LogP contribution in [0.5, 0.6) is 0 Å². The van der Waals surface area contributed by atoms with Crippen molar-refractivity contribution in [3.63, 3.8) is 0 Å². The van der Waals surface area contributed by atoms with Gasteiger partial charge in [0.25, 0.3) is 0 Å². The molecule has 1 heterocycles. The van der Waals surface area contributed by atoms with E-state index in [1.807, 2.05) is 30.3 Å². The number of nitro groups is 1. The first-order chi connectivity index (χ1) is 13.7. The minimum Gasteiger partial charge on any atom is -0.466 e. The van der Waals surface area contributed by atoms with Crippen molar-refractivity contribution >= 4 is 11.9 Å². The third-order valence-electron chi connectivity index (χ3n) is 4.81. The van der Waals surface area contributed by atoms with Crippen molar-refractivity contribution < 1.29 is 24.0 Å². The summed E-state index contributed by atoms with van der Waals surface area (Å²) in [5, 5.41) is 11.6. The van der Waals surface area contributed by atoms with Crippen LogP contribution in [0.4, 0.5) is 0 Å². The summed E-state index contributed by atoms with van der Waals surface area (Å²) in [6.07, 6.45) is 2.19. The van der Waals surface area contributed by atoms with E-state index in [4.69, 9.17) is 4.74 Å². The average Bonchev–Trinajstić information content (AvgIpc) is 2.99. The zero-order valence-corrected chi connectivity index (χ0v) is 16.9. The Bertz CT molecular complexity index is 932. The molecule has 8 nitrogen and oxygen atoms in total. The standard InChI is InChI=1S/C21H24N2O6/c1-14-15(2)19(20(25)29-13-16-8-6-5-7-9-16)22-17(14)12-21(3,23(26)27)11-10-18(24)28-4/h5-11,22H,12-13H2,1-4H3/b11-10+/t21-/m0/s1. The SMILES string of the molecule is COC(=O)/C=C/[C@@](C)(Cc1[nH]c(C(=O)OCc2ccccc2)c(C)c1C)[N+](=O)[O-]. The Morgan fingerprint density at radius 2 is 1.86 bits per heavy atom. The first kappa shape index (κ1) is 21.9. The molecule has 1 aromatic carbocycles. The van der Waals surface area contributed by atoms with Crippen molar-refractivity contribution in [3.8, 4) is 0 Å². The molecule has 0 aliphatic carbocycles. The second-order valence-electron chi connectivity index (χ2n) is 6.94. The highest BCUT2D eigenvalue weighted by molar-refractivity contribution is 5.89. The summed E-state index contributed by atoms with van der Waals surface area (Å²) in [6, 6.07) is 9.28. The number of carbonyl (C=O) groups is 2. The van der Waals surface area contributed by atoms with Gasteiger partial charge in [-0.3, -0.25) is 10.1 Å². The lowest BCUT2D eigenvalue weighted by molar-refractivity contribution is -0.550. The molecule has 0 spiro atoms. The van der Waals surface area contributed by atoms with Crippen molar-refractivity contribution in [2.75, 3.05) is 7.11 Å². The number of hydrogen-bond donors (Lipinski definition) is 1. The molecule has 1 atom stereocenters. The number of aromatic nitrogens is 1. The van der Waals surface area contributed by atoms with Gasteiger partial charge < -0.3 is 14.5 Å². The van der Waals surface area contributed by atoms with Crippen LogP contribution in [0.3, 0.4) is 0 Å². The van der Waals surface area contributed by atoms with E-state index in [1.165, 1.54) is 20.1 Å². The Balaban J connectivity index is 2.22. The lowest BCUT2D eigenvalue weighted by Gasteiger charge is -2.16. The Morgan fingerprint density at radius 3 is 2.45 bits per heavy atom. The molecule has 0 unspecified atom stereocenters. The second-order valence-corrected chi connectivity index (χ2v) is 6.94. The van der Waals surface area contributed by atoms with Gasteiger partial charge in [0.2, 0.25) is 5.54 Å². The van der Waals surface area contributed by atoms with E-state index in [2.05, 4.69) is 9.72 Å². The van der Waals surface area contributed by atoms with Crippen LogP contribution in [-0.2, 0) is 27.3 Å². The van der Waals surface area contributed by atoms with E-state index < -0.39 is 22.4 Å². The highest BCUT2D eigenvalue weighted by atomic mass is 16.6. The molecule has 0 aliphatic heterocycles. The van der Waals surface area contributed by atoms with Gasteiger partial charge in [0.05, 0.1) is 13.5 Å². The normalized spacial score (nSPS) is 13.1. The molecule has 8 heteroatoms. The minimum absolute atomic E-state index is 0.0356. The van der Waals surface area contributed by atoms with Gasteiger partial charge in [-0.05, 0) is 36.6 Å². The number of carbonyl (C=O) groups excluding carboxylic acids is 2. The Labute approximate surface area is 168 Å². The van der Waals surface area contributed by atoms with E-state index >= 15 is 0 Å². The summed E-state index contributed by atoms with van der Waals surface area (Å²) < 4.78 is 9.86. The Morgan fingerprint density at radius 1 is 1.21 bits per heavy atom. The van der Waals surface area contributed by atoms with E-state index in [-0.39, 0.29) is 18.7 Å². The maximum Gasteiger partial charge on any atom is 0.355 e. The average molecular weight is 400 g/mol. The maximum atomic E-state index is 12.5. The lowest BCUT2D eigenvalue weighted by atomic mass is 9.94. The number of methoxy groups -OCH3 is 1. The van der Waals surface area contributed by atoms with Gasteiger partial charge in [-0.15, -0.1) is 0 Å². The van der Waals surface area contributed by atoms with E-state index in [9.17, 15) is 19.7 Å². The van der Waals surface area contributed by atoms with Crippen LogP contribution in [0.1, 0.15) is 39.8 Å². The first-order valence-electron chi connectivity index (χ1n) is 8.98. The van der Waals surface area contributed by atoms with Crippen LogP contribution in [0.2, 0.25) is 0 Å². The predicted molar refractivity (Wildman–Crippen MR) is 106 cm³/mol. The van der Waals surface area contributed by atoms with Gasteiger partial charge in [0.1, 0.15) is 12.3 Å². The zero-order chi connectivity index (χ0) is 21.6. The number of H-pyrrole nitrogens is 1. The molecule has 154 valence electrons. The van der Waals surface area contributed by atoms with Crippen LogP contribution in [0, 0.1) is 24.0 Å². The van der Waals surface area contributed by atoms with Gasteiger partial charge in [0, 0.05) is 23.6 Å². The smallest absolute Gasteiger partial charge is 0.355 e. The van der Waals surface area contributed by atoms with Gasteiger partial charge in [-0.25, -0.2) is 9.59 Å². The van der Waals surface area contributed by atoms with Crippen molar-refractivity contribution in [2.45, 2.75) is 39.3 Å². The van der Waals surface area contributed by atoms with Crippen LogP contribution >= 0.6 is 0 Å². The summed E-state index contributed by atoms with van der Waals surface area (Å²) in [6.45, 7) is 5.05. The molecule has 1 N–H and O–H groups in total. The summed E-state index contributed by atoms with van der Waals surface area (Å²) >= 11 is 0. The summed E-state index contributed by atoms with van der Waals surface area (Å²) in [7, 11) is 1.20. The minimum atomic E-state index is -1.55. The second kappa shape index (κ2) is 9.18. The molecule has 0 amide bonds. The molecule has 1 aromatic heterocycles. The molecule has 2 aromatic rings. The number of aromatic amines is 1. The van der Waals surface area contributed by atoms with E-state index in [1.54, 1.807) is 13.8 Å². The number of nitrogens with zero attached hydrogens (tertiary/aromatic N) is 1. The zero-order valence-electron chi connectivity index (χ0n) is 16.9. The highest BCUT2D eigenvalue weighted by Gasteiger charge is 2.36. The molecule has 29 heavy (non-hydrogen) atoms. The maximum absolute atomic E-state index is 12.5. The van der Waals surface area contributed by atoms with Crippen LogP contribution in [0.25, 0.3) is 0 Å². The van der Waals surface area contributed by atoms with E-state index in [0.29, 0.717) is 11.3 Å². The largest absolute Gasteiger partial charge is 0.466 e. The number of benzene rings is 1. The number of rotatable bonds is 8. The van der Waals surface area contributed by atoms with Gasteiger partial charge in [-0.2, -0.15) is 0 Å². The van der Waals surface area contributed by atoms with Gasteiger partial charge in [-0.1, -0.05) is 30.3 Å². The van der Waals surface area contributed by atoms with Crippen LogP contribution < -0.4 is 0 Å². The molecule has 0 radical (unpaired) electrons. The molecule has 0 saturated carbocycles. The molecular weight excluding hydrogens is 376 g/mol. The number of nitrogens with one attached hydrogen (secondary N) is 1. The molecule has 0 bridgehead atoms. The number of hydrogen-bond acceptors (Lipinski definition) is 6. The van der Waals surface area contributed by atoms with Crippen molar-refractivity contribution in [1.29, 1.82) is 0 Å². The van der Waals surface area contributed by atoms with Crippen molar-refractivity contribution in [1.82, 2.24) is 4.98 Å². The fourth-order valence-electron chi connectivity index (χ4n) is 2.79. The first-order valence-corrected chi connectivity index (χ1v) is 8.98. The van der Waals surface area contributed by atoms with Crippen LogP contribution in [0.15, 0.2) is 42.5 Å². The summed E-state index contributed by atoms with van der Waals surface area (Å²) in [5.74, 6) is -1.21. The third-order valence-corrected chi connectivity index (χ3v) is 4.81. The topological polar surface area (TPSA) is 112 Å². The molecule has 0 saturated heterocycles. The molecule has 0 fully saturated rings. The fraction of sp³-hybridized carbons (Fsp3) is 0.333. The third kappa shape index (κ3) is 5.31. The highest BCUT2D eigenvalue weighted by Crippen LogP contribution is 2.25. The molecule has 0 aliphatic rings. The summed E-state index contributed by atoms with van der Waals surface area (Å²) in [4.78, 5) is 37.9. The van der Waals surface area contributed by atoms with Crippen LogP contribution in [-0.4, -0.2) is 34.5 Å². The quantitative estimate of drug-likeness (QED) is 0.315. The van der Waals surface area contributed by atoms with Gasteiger partial charge in [0.15, 0.2) is 0 Å². The van der Waals surface area contributed by atoms with E-state index in [0.717, 1.165) is 17.2 Å². The number of ether oxygens (including phenoxy) is 2. The Hall–Kier alpha value is -3.42. The predicted octanol–water partition coefficient (Wildman–Crippen LogP) is 3.30. The Kier molecular flexibility index (Phi) is 6.93. The molecular formula is C21H24N2O6. The molecule has 2 rings (SSSR count). The summed E-state index contributed by atoms with van der Waals surface area (Å²) in [5.41, 5.74) is 1.49. The lowest BCUT2D eigenvalue weighted by Crippen LogP contribution is -2.35. The monoisotopic (exact) mass is 400 g/mol. The fourth-order valence-corrected chi connectivity index (χ4v) is 2.79. The number of esters is 2. The van der Waals surface area contributed by atoms with Crippen molar-refractivity contribution in [2.24, 2.45) is 0 Å².